The Hall–Kier alpha value is -5.06. The second-order valence-electron chi connectivity index (χ2n) is 10.2. The van der Waals surface area contributed by atoms with Gasteiger partial charge in [-0.15, -0.1) is 25.3 Å². The molecule has 198 valence electrons. The Morgan fingerprint density at radius 3 is 1.55 bits per heavy atom. The van der Waals surface area contributed by atoms with Crippen LogP contribution in [0.1, 0.15) is 0 Å². The monoisotopic (exact) mass is 578 g/mol. The van der Waals surface area contributed by atoms with Crippen LogP contribution in [-0.4, -0.2) is 39.9 Å². The van der Waals surface area contributed by atoms with Crippen molar-refractivity contribution in [2.45, 2.75) is 9.79 Å². The van der Waals surface area contributed by atoms with Crippen molar-refractivity contribution in [3.05, 3.63) is 84.9 Å². The molecule has 8 nitrogen and oxygen atoms in total. The lowest BCUT2D eigenvalue weighted by Crippen LogP contribution is -1.85. The zero-order valence-electron chi connectivity index (χ0n) is 21.7. The van der Waals surface area contributed by atoms with Crippen molar-refractivity contribution in [2.75, 3.05) is 0 Å². The van der Waals surface area contributed by atoms with Gasteiger partial charge in [-0.25, -0.2) is 29.9 Å². The number of nitrogens with one attached hydrogen (secondary N) is 2. The van der Waals surface area contributed by atoms with Crippen molar-refractivity contribution in [3.8, 4) is 68.3 Å². The van der Waals surface area contributed by atoms with Crippen LogP contribution in [0.5, 0.6) is 0 Å². The number of fused-ring (bicyclic) bond motifs is 20. The molecule has 3 aliphatic rings. The van der Waals surface area contributed by atoms with Gasteiger partial charge in [0.1, 0.15) is 17.1 Å². The molecule has 0 amide bonds. The molecule has 2 aromatic heterocycles. The Morgan fingerprint density at radius 2 is 0.929 bits per heavy atom. The Morgan fingerprint density at radius 1 is 0.429 bits per heavy atom. The number of hydrogen-bond acceptors (Lipinski definition) is 8. The van der Waals surface area contributed by atoms with E-state index in [9.17, 15) is 0 Å². The summed E-state index contributed by atoms with van der Waals surface area (Å²) in [4.78, 5) is 38.4. The van der Waals surface area contributed by atoms with Gasteiger partial charge in [-0.2, -0.15) is 0 Å². The number of nitrogens with zero attached hydrogens (tertiary/aromatic N) is 6. The second-order valence-corrected chi connectivity index (χ2v) is 11.2. The van der Waals surface area contributed by atoms with Crippen LogP contribution in [0, 0.1) is 0 Å². The highest BCUT2D eigenvalue weighted by molar-refractivity contribution is 7.80. The lowest BCUT2D eigenvalue weighted by atomic mass is 10.1. The SMILES string of the molecule is Sc1ccc2c(c1)-c1nc-2nc2nc(nc3nc(nc4[nH]c([nH]1)c1ccc(S)cc41)-c1ccccc1-3)-c1ccccc1-2. The van der Waals surface area contributed by atoms with Crippen LogP contribution in [-0.2, 0) is 0 Å². The van der Waals surface area contributed by atoms with Crippen LogP contribution < -0.4 is 0 Å². The smallest absolute Gasteiger partial charge is 0.164 e. The van der Waals surface area contributed by atoms with Gasteiger partial charge >= 0.3 is 0 Å². The van der Waals surface area contributed by atoms with Gasteiger partial charge < -0.3 is 9.97 Å². The van der Waals surface area contributed by atoms with Crippen LogP contribution in [0.2, 0.25) is 0 Å². The molecular weight excluding hydrogens is 561 g/mol. The first-order valence-electron chi connectivity index (χ1n) is 13.3. The Labute approximate surface area is 249 Å². The molecule has 42 heavy (non-hydrogen) atoms. The summed E-state index contributed by atoms with van der Waals surface area (Å²) in [6.45, 7) is 0. The molecule has 0 aliphatic carbocycles. The first-order chi connectivity index (χ1) is 20.6. The van der Waals surface area contributed by atoms with Crippen LogP contribution in [0.3, 0.4) is 0 Å². The standard InChI is InChI=1S/C32H18N8S2/c41-15-9-11-21-23(13-15)32-38-29(21)36-27-18-6-2-1-5-17(18)25(34-27)33-26-19-7-3-4-8-20(19)28(35-26)37-31-24-14-16(42)10-12-22(24)30(39-31)40-32/h1-14,41-42H,(H2,33,34,35,36,37,38,39,40). The van der Waals surface area contributed by atoms with Crippen molar-refractivity contribution < 1.29 is 0 Å². The normalized spacial score (nSPS) is 12.0. The fourth-order valence-electron chi connectivity index (χ4n) is 5.67. The molecule has 0 radical (unpaired) electrons. The average molecular weight is 579 g/mol. The molecule has 0 fully saturated rings. The molecule has 8 bridgehead atoms. The average Bonchev–Trinajstić information content (AvgIpc) is 3.72. The Bertz CT molecular complexity index is 2360. The predicted octanol–water partition coefficient (Wildman–Crippen LogP) is 7.35. The van der Waals surface area contributed by atoms with E-state index in [1.54, 1.807) is 0 Å². The van der Waals surface area contributed by atoms with E-state index in [1.807, 2.05) is 84.9 Å². The fourth-order valence-corrected chi connectivity index (χ4v) is 6.08. The molecule has 0 atom stereocenters. The largest absolute Gasteiger partial charge is 0.325 e. The summed E-state index contributed by atoms with van der Waals surface area (Å²) >= 11 is 9.21. The van der Waals surface area contributed by atoms with Crippen molar-refractivity contribution in [1.29, 1.82) is 0 Å². The van der Waals surface area contributed by atoms with Gasteiger partial charge in [0.25, 0.3) is 0 Å². The van der Waals surface area contributed by atoms with Crippen molar-refractivity contribution >= 4 is 47.3 Å². The summed E-state index contributed by atoms with van der Waals surface area (Å²) in [5.41, 5.74) is 6.75. The minimum Gasteiger partial charge on any atom is -0.325 e. The number of aromatic amines is 2. The van der Waals surface area contributed by atoms with E-state index in [4.69, 9.17) is 29.9 Å². The number of aromatic nitrogens is 8. The summed E-state index contributed by atoms with van der Waals surface area (Å²) in [6.07, 6.45) is 0. The number of hydrogen-bond donors (Lipinski definition) is 4. The molecule has 0 unspecified atom stereocenters. The number of H-pyrrole nitrogens is 2. The number of benzene rings is 4. The maximum atomic E-state index is 5.03. The molecule has 5 heterocycles. The molecule has 4 aromatic carbocycles. The summed E-state index contributed by atoms with van der Waals surface area (Å²) in [6, 6.07) is 27.8. The van der Waals surface area contributed by atoms with Gasteiger partial charge in [-0.05, 0) is 36.4 Å². The molecular formula is C32H18N8S2. The maximum absolute atomic E-state index is 5.03. The Kier molecular flexibility index (Phi) is 4.90. The lowest BCUT2D eigenvalue weighted by molar-refractivity contribution is 1.15. The molecule has 6 aromatic rings. The van der Waals surface area contributed by atoms with Gasteiger partial charge in [-0.1, -0.05) is 48.5 Å². The van der Waals surface area contributed by atoms with Crippen LogP contribution in [0.4, 0.5) is 0 Å². The Balaban J connectivity index is 1.48. The highest BCUT2D eigenvalue weighted by Gasteiger charge is 2.25. The molecule has 9 rings (SSSR count). The summed E-state index contributed by atoms with van der Waals surface area (Å²) in [5, 5.41) is 1.85. The van der Waals surface area contributed by atoms with Gasteiger partial charge in [0.2, 0.25) is 0 Å². The second kappa shape index (κ2) is 8.72. The molecule has 0 saturated carbocycles. The first kappa shape index (κ1) is 23.6. The topological polar surface area (TPSA) is 109 Å². The minimum atomic E-state index is 0.547. The van der Waals surface area contributed by atoms with Crippen LogP contribution >= 0.6 is 25.3 Å². The quantitative estimate of drug-likeness (QED) is 0.140. The van der Waals surface area contributed by atoms with Gasteiger partial charge in [0, 0.05) is 53.9 Å². The fraction of sp³-hybridized carbons (Fsp3) is 0. The summed E-state index contributed by atoms with van der Waals surface area (Å²) < 4.78 is 0. The van der Waals surface area contributed by atoms with E-state index in [0.717, 1.165) is 59.6 Å². The van der Waals surface area contributed by atoms with E-state index in [0.29, 0.717) is 40.6 Å². The predicted molar refractivity (Wildman–Crippen MR) is 169 cm³/mol. The van der Waals surface area contributed by atoms with E-state index < -0.39 is 0 Å². The van der Waals surface area contributed by atoms with Crippen molar-refractivity contribution in [2.24, 2.45) is 0 Å². The third-order valence-electron chi connectivity index (χ3n) is 7.61. The van der Waals surface area contributed by atoms with E-state index >= 15 is 0 Å². The van der Waals surface area contributed by atoms with Crippen molar-refractivity contribution in [3.63, 3.8) is 0 Å². The summed E-state index contributed by atoms with van der Waals surface area (Å²) in [5.74, 6) is 3.42. The van der Waals surface area contributed by atoms with E-state index in [1.165, 1.54) is 0 Å². The summed E-state index contributed by atoms with van der Waals surface area (Å²) in [7, 11) is 0. The third kappa shape index (κ3) is 3.52. The lowest BCUT2D eigenvalue weighted by Gasteiger charge is -2.00. The molecule has 10 heteroatoms. The van der Waals surface area contributed by atoms with E-state index in [-0.39, 0.29) is 0 Å². The molecule has 0 saturated heterocycles. The number of thiol groups is 2. The highest BCUT2D eigenvalue weighted by Crippen LogP contribution is 2.39. The highest BCUT2D eigenvalue weighted by atomic mass is 32.1. The van der Waals surface area contributed by atoms with Gasteiger partial charge in [0.15, 0.2) is 29.1 Å². The van der Waals surface area contributed by atoms with E-state index in [2.05, 4.69) is 35.2 Å². The number of rotatable bonds is 0. The van der Waals surface area contributed by atoms with Crippen LogP contribution in [0.25, 0.3) is 90.4 Å². The van der Waals surface area contributed by atoms with Crippen LogP contribution in [0.15, 0.2) is 94.7 Å². The third-order valence-corrected chi connectivity index (χ3v) is 8.17. The molecule has 2 N–H and O–H groups in total. The molecule has 0 spiro atoms. The zero-order valence-corrected chi connectivity index (χ0v) is 23.4. The van der Waals surface area contributed by atoms with Gasteiger partial charge in [-0.3, -0.25) is 0 Å². The van der Waals surface area contributed by atoms with Gasteiger partial charge in [0.05, 0.1) is 0 Å². The zero-order chi connectivity index (χ0) is 27.9. The minimum absolute atomic E-state index is 0.547. The maximum Gasteiger partial charge on any atom is 0.164 e. The van der Waals surface area contributed by atoms with Crippen molar-refractivity contribution in [1.82, 2.24) is 39.9 Å². The molecule has 3 aliphatic heterocycles. The first-order valence-corrected chi connectivity index (χ1v) is 14.2.